The molecule has 3 nitrogen and oxygen atoms in total. The minimum Gasteiger partial charge on any atom is -0.497 e. The molecule has 0 unspecified atom stereocenters. The summed E-state index contributed by atoms with van der Waals surface area (Å²) >= 11 is 0. The van der Waals surface area contributed by atoms with Crippen LogP contribution < -0.4 is 10.1 Å². The number of pyridine rings is 1. The predicted octanol–water partition coefficient (Wildman–Crippen LogP) is 4.09. The van der Waals surface area contributed by atoms with Gasteiger partial charge < -0.3 is 10.1 Å². The lowest BCUT2D eigenvalue weighted by Crippen LogP contribution is -1.92. The summed E-state index contributed by atoms with van der Waals surface area (Å²) in [7, 11) is 3.45. The zero-order chi connectivity index (χ0) is 14.8. The summed E-state index contributed by atoms with van der Waals surface area (Å²) in [6.07, 6.45) is 0. The van der Waals surface area contributed by atoms with Crippen LogP contribution in [0.3, 0.4) is 0 Å². The third-order valence-corrected chi connectivity index (χ3v) is 3.46. The Labute approximate surface area is 122 Å². The summed E-state index contributed by atoms with van der Waals surface area (Å²) in [6, 6.07) is 14.8. The Hall–Kier alpha value is -2.62. The fourth-order valence-electron chi connectivity index (χ4n) is 2.28. The molecule has 0 radical (unpaired) electrons. The van der Waals surface area contributed by atoms with Gasteiger partial charge in [0.15, 0.2) is 0 Å². The molecule has 3 rings (SSSR count). The fraction of sp³-hybridized carbons (Fsp3) is 0.118. The number of halogens is 1. The third-order valence-electron chi connectivity index (χ3n) is 3.46. The Morgan fingerprint density at radius 1 is 1.05 bits per heavy atom. The maximum atomic E-state index is 14.1. The van der Waals surface area contributed by atoms with E-state index in [4.69, 9.17) is 4.74 Å². The lowest BCUT2D eigenvalue weighted by molar-refractivity contribution is 0.415. The standard InChI is InChI=1S/C17H15FN2O/c1-19-13-5-3-11(4-6-13)16-10-12-9-14(21-2)7-8-15(12)17(18)20-16/h3-10,19H,1-2H3. The molecule has 2 aromatic carbocycles. The van der Waals surface area contributed by atoms with E-state index in [1.54, 1.807) is 19.2 Å². The number of aromatic nitrogens is 1. The van der Waals surface area contributed by atoms with Gasteiger partial charge in [-0.2, -0.15) is 4.39 Å². The topological polar surface area (TPSA) is 34.1 Å². The normalized spacial score (nSPS) is 10.6. The molecule has 0 aliphatic rings. The second kappa shape index (κ2) is 5.40. The predicted molar refractivity (Wildman–Crippen MR) is 83.2 cm³/mol. The number of ether oxygens (including phenoxy) is 1. The molecule has 0 spiro atoms. The van der Waals surface area contributed by atoms with E-state index in [-0.39, 0.29) is 0 Å². The molecular weight excluding hydrogens is 267 g/mol. The Kier molecular flexibility index (Phi) is 3.44. The van der Waals surface area contributed by atoms with E-state index in [1.807, 2.05) is 43.4 Å². The Balaban J connectivity index is 2.13. The van der Waals surface area contributed by atoms with Gasteiger partial charge >= 0.3 is 0 Å². The number of anilines is 1. The van der Waals surface area contributed by atoms with Crippen LogP contribution in [0.5, 0.6) is 5.75 Å². The molecule has 1 heterocycles. The molecule has 1 aromatic heterocycles. The number of fused-ring (bicyclic) bond motifs is 1. The molecule has 3 aromatic rings. The molecule has 106 valence electrons. The molecule has 0 bridgehead atoms. The molecule has 21 heavy (non-hydrogen) atoms. The van der Waals surface area contributed by atoms with Crippen LogP contribution in [0.1, 0.15) is 0 Å². The number of hydrogen-bond acceptors (Lipinski definition) is 3. The van der Waals surface area contributed by atoms with Crippen molar-refractivity contribution in [1.82, 2.24) is 4.98 Å². The van der Waals surface area contributed by atoms with Crippen molar-refractivity contribution in [2.24, 2.45) is 0 Å². The summed E-state index contributed by atoms with van der Waals surface area (Å²) in [5, 5.41) is 4.32. The molecule has 1 N–H and O–H groups in total. The number of rotatable bonds is 3. The number of hydrogen-bond donors (Lipinski definition) is 1. The Bertz CT molecular complexity index is 785. The van der Waals surface area contributed by atoms with Gasteiger partial charge in [0.25, 0.3) is 0 Å². The number of nitrogens with one attached hydrogen (secondary N) is 1. The minimum atomic E-state index is -0.470. The second-order valence-corrected chi connectivity index (χ2v) is 4.71. The van der Waals surface area contributed by atoms with Gasteiger partial charge in [-0.25, -0.2) is 4.98 Å². The highest BCUT2D eigenvalue weighted by Gasteiger charge is 2.08. The van der Waals surface area contributed by atoms with Crippen molar-refractivity contribution in [2.45, 2.75) is 0 Å². The second-order valence-electron chi connectivity index (χ2n) is 4.71. The maximum absolute atomic E-state index is 14.1. The van der Waals surface area contributed by atoms with E-state index >= 15 is 0 Å². The van der Waals surface area contributed by atoms with Gasteiger partial charge in [-0.3, -0.25) is 0 Å². The molecule has 4 heteroatoms. The summed E-state index contributed by atoms with van der Waals surface area (Å²) in [5.41, 5.74) is 2.48. The van der Waals surface area contributed by atoms with Gasteiger partial charge in [-0.15, -0.1) is 0 Å². The maximum Gasteiger partial charge on any atom is 0.221 e. The van der Waals surface area contributed by atoms with Gasteiger partial charge in [-0.05, 0) is 41.8 Å². The number of methoxy groups -OCH3 is 1. The minimum absolute atomic E-state index is 0.470. The monoisotopic (exact) mass is 282 g/mol. The third kappa shape index (κ3) is 2.52. The molecule has 0 aliphatic carbocycles. The lowest BCUT2D eigenvalue weighted by atomic mass is 10.1. The molecule has 0 saturated carbocycles. The van der Waals surface area contributed by atoms with Gasteiger partial charge in [0.05, 0.1) is 12.8 Å². The summed E-state index contributed by atoms with van der Waals surface area (Å²) in [6.45, 7) is 0. The molecule has 0 fully saturated rings. The van der Waals surface area contributed by atoms with E-state index in [0.717, 1.165) is 16.6 Å². The molecular formula is C17H15FN2O. The first kappa shape index (κ1) is 13.4. The zero-order valence-corrected chi connectivity index (χ0v) is 11.9. The van der Waals surface area contributed by atoms with Crippen molar-refractivity contribution in [2.75, 3.05) is 19.5 Å². The van der Waals surface area contributed by atoms with Crippen LogP contribution in [0.4, 0.5) is 10.1 Å². The van der Waals surface area contributed by atoms with Gasteiger partial charge in [0, 0.05) is 23.7 Å². The van der Waals surface area contributed by atoms with E-state index in [0.29, 0.717) is 16.8 Å². The summed E-state index contributed by atoms with van der Waals surface area (Å²) in [5.74, 6) is 0.229. The van der Waals surface area contributed by atoms with Gasteiger partial charge in [0.1, 0.15) is 5.75 Å². The molecule has 0 aliphatic heterocycles. The summed E-state index contributed by atoms with van der Waals surface area (Å²) in [4.78, 5) is 4.05. The first-order chi connectivity index (χ1) is 10.2. The van der Waals surface area contributed by atoms with Crippen LogP contribution in [0.25, 0.3) is 22.0 Å². The highest BCUT2D eigenvalue weighted by molar-refractivity contribution is 5.87. The summed E-state index contributed by atoms with van der Waals surface area (Å²) < 4.78 is 19.3. The van der Waals surface area contributed by atoms with Crippen LogP contribution in [0.15, 0.2) is 48.5 Å². The molecule has 0 amide bonds. The van der Waals surface area contributed by atoms with Gasteiger partial charge in [0.2, 0.25) is 5.95 Å². The highest BCUT2D eigenvalue weighted by atomic mass is 19.1. The zero-order valence-electron chi connectivity index (χ0n) is 11.9. The van der Waals surface area contributed by atoms with Crippen LogP contribution >= 0.6 is 0 Å². The van der Waals surface area contributed by atoms with Crippen molar-refractivity contribution in [1.29, 1.82) is 0 Å². The Morgan fingerprint density at radius 2 is 1.81 bits per heavy atom. The smallest absolute Gasteiger partial charge is 0.221 e. The van der Waals surface area contributed by atoms with E-state index in [9.17, 15) is 4.39 Å². The average Bonchev–Trinajstić information content (AvgIpc) is 2.54. The first-order valence-electron chi connectivity index (χ1n) is 6.64. The van der Waals surface area contributed by atoms with Crippen molar-refractivity contribution in [3.8, 4) is 17.0 Å². The van der Waals surface area contributed by atoms with Crippen molar-refractivity contribution in [3.63, 3.8) is 0 Å². The van der Waals surface area contributed by atoms with Crippen LogP contribution in [-0.2, 0) is 0 Å². The average molecular weight is 282 g/mol. The number of benzene rings is 2. The van der Waals surface area contributed by atoms with Crippen molar-refractivity contribution >= 4 is 16.5 Å². The van der Waals surface area contributed by atoms with E-state index in [1.165, 1.54) is 0 Å². The van der Waals surface area contributed by atoms with Crippen molar-refractivity contribution in [3.05, 3.63) is 54.5 Å². The van der Waals surface area contributed by atoms with Gasteiger partial charge in [-0.1, -0.05) is 12.1 Å². The fourth-order valence-corrected chi connectivity index (χ4v) is 2.28. The first-order valence-corrected chi connectivity index (χ1v) is 6.64. The molecule has 0 atom stereocenters. The molecule has 0 saturated heterocycles. The lowest BCUT2D eigenvalue weighted by Gasteiger charge is -2.07. The largest absolute Gasteiger partial charge is 0.497 e. The van der Waals surface area contributed by atoms with E-state index < -0.39 is 5.95 Å². The van der Waals surface area contributed by atoms with Crippen molar-refractivity contribution < 1.29 is 9.13 Å². The van der Waals surface area contributed by atoms with Crippen LogP contribution in [0, 0.1) is 5.95 Å². The van der Waals surface area contributed by atoms with Crippen LogP contribution in [0.2, 0.25) is 0 Å². The van der Waals surface area contributed by atoms with E-state index in [2.05, 4.69) is 10.3 Å². The highest BCUT2D eigenvalue weighted by Crippen LogP contribution is 2.27. The van der Waals surface area contributed by atoms with Crippen LogP contribution in [-0.4, -0.2) is 19.1 Å². The Morgan fingerprint density at radius 3 is 2.48 bits per heavy atom. The number of nitrogens with zero attached hydrogens (tertiary/aromatic N) is 1. The quantitative estimate of drug-likeness (QED) is 0.735. The SMILES string of the molecule is CNc1ccc(-c2cc3cc(OC)ccc3c(F)n2)cc1.